The van der Waals surface area contributed by atoms with E-state index >= 15 is 0 Å². The van der Waals surface area contributed by atoms with E-state index in [4.69, 9.17) is 9.47 Å². The number of nitrogens with one attached hydrogen (secondary N) is 3. The van der Waals surface area contributed by atoms with Gasteiger partial charge in [-0.05, 0) is 13.8 Å². The zero-order valence-electron chi connectivity index (χ0n) is 9.12. The number of carbonyl (C=O) groups excluding carboxylic acids is 2. The fourth-order valence-electron chi connectivity index (χ4n) is 0.742. The van der Waals surface area contributed by atoms with Gasteiger partial charge in [0, 0.05) is 20.3 Å². The molecule has 0 heterocycles. The first-order chi connectivity index (χ1) is 7.15. The Hall–Kier alpha value is -1.34. The average Bonchev–Trinajstić information content (AvgIpc) is 2.25. The maximum atomic E-state index is 11.3. The van der Waals surface area contributed by atoms with E-state index in [0.29, 0.717) is 13.2 Å². The summed E-state index contributed by atoms with van der Waals surface area (Å²) >= 11 is 0. The lowest BCUT2D eigenvalue weighted by atomic mass is 10.6. The highest BCUT2D eigenvalue weighted by molar-refractivity contribution is 5.83. The minimum atomic E-state index is -1.00. The Morgan fingerprint density at radius 2 is 1.67 bits per heavy atom. The summed E-state index contributed by atoms with van der Waals surface area (Å²) in [7, 11) is 1.43. The number of amides is 3. The second-order valence-corrected chi connectivity index (χ2v) is 2.44. The van der Waals surface area contributed by atoms with E-state index in [9.17, 15) is 9.59 Å². The van der Waals surface area contributed by atoms with Crippen LogP contribution in [0.1, 0.15) is 13.8 Å². The van der Waals surface area contributed by atoms with Crippen molar-refractivity contribution in [1.82, 2.24) is 16.2 Å². The van der Waals surface area contributed by atoms with Crippen molar-refractivity contribution in [2.45, 2.75) is 20.1 Å². The molecular weight excluding hydrogens is 202 g/mol. The molecule has 88 valence electrons. The van der Waals surface area contributed by atoms with Crippen LogP contribution in [0.25, 0.3) is 0 Å². The first-order valence-corrected chi connectivity index (χ1v) is 4.66. The molecule has 0 saturated heterocycles. The number of hydrogen-bond donors (Lipinski definition) is 3. The predicted octanol–water partition coefficient (Wildman–Crippen LogP) is -0.654. The molecule has 0 unspecified atom stereocenters. The monoisotopic (exact) mass is 219 g/mol. The van der Waals surface area contributed by atoms with E-state index in [1.807, 2.05) is 0 Å². The second-order valence-electron chi connectivity index (χ2n) is 2.44. The van der Waals surface area contributed by atoms with Crippen LogP contribution in [0, 0.1) is 0 Å². The number of ether oxygens (including phenoxy) is 2. The highest BCUT2D eigenvalue weighted by Crippen LogP contribution is 1.94. The van der Waals surface area contributed by atoms with Crippen LogP contribution in [0.2, 0.25) is 0 Å². The normalized spacial score (nSPS) is 9.87. The van der Waals surface area contributed by atoms with Crippen LogP contribution < -0.4 is 16.2 Å². The van der Waals surface area contributed by atoms with Gasteiger partial charge in [0.1, 0.15) is 0 Å². The van der Waals surface area contributed by atoms with Gasteiger partial charge in [0.2, 0.25) is 6.29 Å². The molecule has 0 aliphatic rings. The van der Waals surface area contributed by atoms with E-state index in [2.05, 4.69) is 16.2 Å². The lowest BCUT2D eigenvalue weighted by Crippen LogP contribution is -2.50. The van der Waals surface area contributed by atoms with Crippen LogP contribution in [-0.4, -0.2) is 38.5 Å². The maximum Gasteiger partial charge on any atom is 0.333 e. The summed E-state index contributed by atoms with van der Waals surface area (Å²) in [5, 5.41) is 2.28. The summed E-state index contributed by atoms with van der Waals surface area (Å²) in [6.07, 6.45) is -1.00. The molecule has 3 amide bonds. The molecule has 0 aromatic rings. The van der Waals surface area contributed by atoms with Crippen molar-refractivity contribution in [1.29, 1.82) is 0 Å². The zero-order chi connectivity index (χ0) is 11.7. The van der Waals surface area contributed by atoms with Gasteiger partial charge in [0.05, 0.1) is 0 Å². The molecule has 0 bridgehead atoms. The fourth-order valence-corrected chi connectivity index (χ4v) is 0.742. The van der Waals surface area contributed by atoms with Gasteiger partial charge in [-0.15, -0.1) is 0 Å². The maximum absolute atomic E-state index is 11.3. The Balaban J connectivity index is 3.96. The summed E-state index contributed by atoms with van der Waals surface area (Å²) in [4.78, 5) is 22.1. The first kappa shape index (κ1) is 13.7. The van der Waals surface area contributed by atoms with E-state index in [0.717, 1.165) is 0 Å². The van der Waals surface area contributed by atoms with Crippen LogP contribution >= 0.6 is 0 Å². The Labute approximate surface area is 88.5 Å². The van der Waals surface area contributed by atoms with Crippen molar-refractivity contribution >= 4 is 11.9 Å². The van der Waals surface area contributed by atoms with Gasteiger partial charge in [-0.3, -0.25) is 10.2 Å². The largest absolute Gasteiger partial charge is 0.345 e. The standard InChI is InChI=1S/C8H17N3O4/c1-4-14-7(15-5-2)6(12)10-11-8(13)9-3/h7H,4-5H2,1-3H3,(H,10,12)(H2,9,11,13). The minimum Gasteiger partial charge on any atom is -0.345 e. The summed E-state index contributed by atoms with van der Waals surface area (Å²) in [5.41, 5.74) is 4.27. The van der Waals surface area contributed by atoms with Crippen molar-refractivity contribution in [3.05, 3.63) is 0 Å². The average molecular weight is 219 g/mol. The van der Waals surface area contributed by atoms with Crippen LogP contribution in [0.5, 0.6) is 0 Å². The summed E-state index contributed by atoms with van der Waals surface area (Å²) in [6.45, 7) is 4.17. The van der Waals surface area contributed by atoms with E-state index in [-0.39, 0.29) is 0 Å². The van der Waals surface area contributed by atoms with Gasteiger partial charge in [-0.2, -0.15) is 0 Å². The summed E-state index contributed by atoms with van der Waals surface area (Å²) in [6, 6.07) is -0.518. The van der Waals surface area contributed by atoms with Crippen LogP contribution in [0.3, 0.4) is 0 Å². The minimum absolute atomic E-state index is 0.345. The van der Waals surface area contributed by atoms with Crippen LogP contribution in [-0.2, 0) is 14.3 Å². The fraction of sp³-hybridized carbons (Fsp3) is 0.750. The molecule has 0 aromatic carbocycles. The molecular formula is C8H17N3O4. The zero-order valence-corrected chi connectivity index (χ0v) is 9.12. The molecule has 0 radical (unpaired) electrons. The molecule has 0 atom stereocenters. The highest BCUT2D eigenvalue weighted by Gasteiger charge is 2.18. The molecule has 0 spiro atoms. The molecule has 0 aliphatic heterocycles. The van der Waals surface area contributed by atoms with Crippen LogP contribution in [0.4, 0.5) is 4.79 Å². The van der Waals surface area contributed by atoms with Crippen LogP contribution in [0.15, 0.2) is 0 Å². The number of rotatable bonds is 5. The quantitative estimate of drug-likeness (QED) is 0.423. The van der Waals surface area contributed by atoms with Gasteiger partial charge in [0.25, 0.3) is 5.91 Å². The van der Waals surface area contributed by atoms with Crippen molar-refractivity contribution in [2.24, 2.45) is 0 Å². The Morgan fingerprint density at radius 3 is 2.07 bits per heavy atom. The third-order valence-electron chi connectivity index (χ3n) is 1.38. The van der Waals surface area contributed by atoms with E-state index in [1.54, 1.807) is 13.8 Å². The van der Waals surface area contributed by atoms with E-state index < -0.39 is 18.2 Å². The number of hydrazine groups is 1. The number of urea groups is 1. The molecule has 0 aliphatic carbocycles. The molecule has 7 nitrogen and oxygen atoms in total. The lowest BCUT2D eigenvalue weighted by molar-refractivity contribution is -0.170. The Kier molecular flexibility index (Phi) is 7.29. The van der Waals surface area contributed by atoms with Gasteiger partial charge in [-0.25, -0.2) is 10.2 Å². The molecule has 0 fully saturated rings. The van der Waals surface area contributed by atoms with E-state index in [1.165, 1.54) is 7.05 Å². The molecule has 0 aromatic heterocycles. The number of carbonyl (C=O) groups is 2. The van der Waals surface area contributed by atoms with Gasteiger partial charge >= 0.3 is 6.03 Å². The van der Waals surface area contributed by atoms with Crippen molar-refractivity contribution in [2.75, 3.05) is 20.3 Å². The molecule has 3 N–H and O–H groups in total. The molecule has 7 heteroatoms. The summed E-state index contributed by atoms with van der Waals surface area (Å²) in [5.74, 6) is -0.553. The van der Waals surface area contributed by atoms with Crippen molar-refractivity contribution < 1.29 is 19.1 Å². The summed E-state index contributed by atoms with van der Waals surface area (Å²) < 4.78 is 10.0. The smallest absolute Gasteiger partial charge is 0.333 e. The first-order valence-electron chi connectivity index (χ1n) is 4.66. The number of hydrogen-bond acceptors (Lipinski definition) is 4. The van der Waals surface area contributed by atoms with Gasteiger partial charge in [-0.1, -0.05) is 0 Å². The lowest BCUT2D eigenvalue weighted by Gasteiger charge is -2.16. The third-order valence-corrected chi connectivity index (χ3v) is 1.38. The predicted molar refractivity (Wildman–Crippen MR) is 52.8 cm³/mol. The molecule has 15 heavy (non-hydrogen) atoms. The molecule has 0 rings (SSSR count). The molecule has 0 saturated carbocycles. The second kappa shape index (κ2) is 8.01. The Morgan fingerprint density at radius 1 is 1.13 bits per heavy atom. The van der Waals surface area contributed by atoms with Gasteiger partial charge < -0.3 is 14.8 Å². The van der Waals surface area contributed by atoms with Crippen molar-refractivity contribution in [3.8, 4) is 0 Å². The highest BCUT2D eigenvalue weighted by atomic mass is 16.7. The van der Waals surface area contributed by atoms with Crippen molar-refractivity contribution in [3.63, 3.8) is 0 Å². The SMILES string of the molecule is CCOC(OCC)C(=O)NNC(=O)NC. The van der Waals surface area contributed by atoms with Gasteiger partial charge in [0.15, 0.2) is 0 Å². The Bertz CT molecular complexity index is 204. The third kappa shape index (κ3) is 5.87. The topological polar surface area (TPSA) is 88.7 Å².